The van der Waals surface area contributed by atoms with Crippen LogP contribution in [-0.2, 0) is 23.8 Å². The molecule has 0 aromatic rings. The summed E-state index contributed by atoms with van der Waals surface area (Å²) in [5.41, 5.74) is 4.12. The van der Waals surface area contributed by atoms with Crippen LogP contribution in [0.15, 0.2) is 17.3 Å². The molecule has 0 aromatic heterocycles. The van der Waals surface area contributed by atoms with Gasteiger partial charge in [-0.2, -0.15) is 0 Å². The first-order chi connectivity index (χ1) is 14.4. The largest absolute Gasteiger partial charge is 0.462 e. The highest BCUT2D eigenvalue weighted by molar-refractivity contribution is 6.18. The van der Waals surface area contributed by atoms with Gasteiger partial charge in [0.2, 0.25) is 0 Å². The Kier molecular flexibility index (Phi) is 9.36. The third-order valence-corrected chi connectivity index (χ3v) is 5.50. The molecule has 170 valence electrons. The van der Waals surface area contributed by atoms with E-state index in [2.05, 4.69) is 4.99 Å². The zero-order valence-corrected chi connectivity index (χ0v) is 18.3. The number of hydrogen-bond acceptors (Lipinski definition) is 8. The molecule has 8 nitrogen and oxygen atoms in total. The van der Waals surface area contributed by atoms with Crippen LogP contribution in [0, 0.1) is 0 Å². The van der Waals surface area contributed by atoms with Crippen LogP contribution in [0.3, 0.4) is 0 Å². The van der Waals surface area contributed by atoms with E-state index in [9.17, 15) is 9.59 Å². The molecule has 0 saturated carbocycles. The Hall–Kier alpha value is -1.87. The summed E-state index contributed by atoms with van der Waals surface area (Å²) in [6.45, 7) is 3.66. The Labute approximate surface area is 181 Å². The molecule has 0 spiro atoms. The van der Waals surface area contributed by atoms with Gasteiger partial charge in [-0.1, -0.05) is 26.7 Å². The van der Waals surface area contributed by atoms with Gasteiger partial charge in [0, 0.05) is 19.0 Å². The van der Waals surface area contributed by atoms with Gasteiger partial charge in [0.05, 0.1) is 5.88 Å². The van der Waals surface area contributed by atoms with Gasteiger partial charge < -0.3 is 24.8 Å². The maximum Gasteiger partial charge on any atom is 0.306 e. The van der Waals surface area contributed by atoms with Crippen LogP contribution in [0.1, 0.15) is 52.4 Å². The standard InChI is InChI=1S/C20H31ClFN3O5/c1-3-5-7-15(26)28-12-20(11-21)18(29-16(27)8-6-4-2)17(22)19(30-20)25-10-9-14(23)24-13-25/h9-10,17-19H,3-8,11-13H2,1-2H3,(H2,23,24). The molecule has 2 aliphatic rings. The number of nitrogens with two attached hydrogens (primary N) is 1. The van der Waals surface area contributed by atoms with Gasteiger partial charge in [0.1, 0.15) is 19.1 Å². The second kappa shape index (κ2) is 11.5. The van der Waals surface area contributed by atoms with Crippen LogP contribution in [0.4, 0.5) is 4.39 Å². The van der Waals surface area contributed by atoms with Crippen molar-refractivity contribution >= 4 is 29.4 Å². The summed E-state index contributed by atoms with van der Waals surface area (Å²) in [4.78, 5) is 29.8. The fourth-order valence-corrected chi connectivity index (χ4v) is 3.51. The fourth-order valence-electron chi connectivity index (χ4n) is 3.22. The third-order valence-electron chi connectivity index (χ3n) is 5.05. The maximum atomic E-state index is 15.5. The van der Waals surface area contributed by atoms with Crippen molar-refractivity contribution in [1.82, 2.24) is 4.90 Å². The first-order valence-corrected chi connectivity index (χ1v) is 10.9. The van der Waals surface area contributed by atoms with Crippen LogP contribution in [-0.4, -0.2) is 65.9 Å². The SMILES string of the molecule is CCCCC(=O)OCC1(CCl)OC(N2C=CC(N)=NC2)C(F)C1OC(=O)CCCC. The second-order valence-electron chi connectivity index (χ2n) is 7.48. The van der Waals surface area contributed by atoms with E-state index in [0.29, 0.717) is 18.7 Å². The van der Waals surface area contributed by atoms with Crippen molar-refractivity contribution in [3.05, 3.63) is 12.3 Å². The molecule has 1 saturated heterocycles. The zero-order chi connectivity index (χ0) is 22.1. The van der Waals surface area contributed by atoms with Crippen molar-refractivity contribution in [3.63, 3.8) is 0 Å². The number of halogens is 2. The number of amidine groups is 1. The fraction of sp³-hybridized carbons (Fsp3) is 0.750. The molecule has 0 aromatic carbocycles. The summed E-state index contributed by atoms with van der Waals surface area (Å²) in [5.74, 6) is -0.887. The summed E-state index contributed by atoms with van der Waals surface area (Å²) >= 11 is 6.17. The Morgan fingerprint density at radius 1 is 1.33 bits per heavy atom. The lowest BCUT2D eigenvalue weighted by molar-refractivity contribution is -0.175. The molecular weight excluding hydrogens is 417 g/mol. The van der Waals surface area contributed by atoms with E-state index >= 15 is 4.39 Å². The van der Waals surface area contributed by atoms with E-state index in [4.69, 9.17) is 31.5 Å². The summed E-state index contributed by atoms with van der Waals surface area (Å²) < 4.78 is 32.2. The van der Waals surface area contributed by atoms with Crippen molar-refractivity contribution in [2.24, 2.45) is 10.7 Å². The summed E-state index contributed by atoms with van der Waals surface area (Å²) in [6, 6.07) is 0. The summed E-state index contributed by atoms with van der Waals surface area (Å²) in [5, 5.41) is 0. The lowest BCUT2D eigenvalue weighted by Gasteiger charge is -2.32. The Morgan fingerprint density at radius 2 is 2.00 bits per heavy atom. The molecule has 0 bridgehead atoms. The van der Waals surface area contributed by atoms with Crippen molar-refractivity contribution < 1.29 is 28.2 Å². The predicted molar refractivity (Wildman–Crippen MR) is 111 cm³/mol. The first kappa shape index (κ1) is 24.4. The first-order valence-electron chi connectivity index (χ1n) is 10.3. The Bertz CT molecular complexity index is 662. The molecular formula is C20H31ClFN3O5. The molecule has 2 aliphatic heterocycles. The number of alkyl halides is 2. The van der Waals surface area contributed by atoms with Crippen molar-refractivity contribution in [2.45, 2.75) is 76.5 Å². The van der Waals surface area contributed by atoms with Gasteiger partial charge >= 0.3 is 11.9 Å². The molecule has 30 heavy (non-hydrogen) atoms. The normalized spacial score (nSPS) is 28.3. The van der Waals surface area contributed by atoms with Crippen molar-refractivity contribution in [2.75, 3.05) is 19.2 Å². The maximum absolute atomic E-state index is 15.5. The van der Waals surface area contributed by atoms with Gasteiger partial charge in [-0.3, -0.25) is 9.59 Å². The quantitative estimate of drug-likeness (QED) is 0.383. The molecule has 0 amide bonds. The van der Waals surface area contributed by atoms with E-state index < -0.39 is 36.0 Å². The summed E-state index contributed by atoms with van der Waals surface area (Å²) in [7, 11) is 0. The third kappa shape index (κ3) is 6.07. The minimum atomic E-state index is -1.72. The van der Waals surface area contributed by atoms with Gasteiger partial charge in [-0.15, -0.1) is 11.6 Å². The minimum absolute atomic E-state index is 0.0819. The van der Waals surface area contributed by atoms with Crippen molar-refractivity contribution in [1.29, 1.82) is 0 Å². The van der Waals surface area contributed by atoms with Crippen LogP contribution in [0.2, 0.25) is 0 Å². The number of nitrogens with zero attached hydrogens (tertiary/aromatic N) is 2. The van der Waals surface area contributed by atoms with E-state index in [-0.39, 0.29) is 32.0 Å². The lowest BCUT2D eigenvalue weighted by atomic mass is 9.98. The zero-order valence-electron chi connectivity index (χ0n) is 17.5. The molecule has 4 unspecified atom stereocenters. The van der Waals surface area contributed by atoms with E-state index in [1.54, 1.807) is 6.20 Å². The topological polar surface area (TPSA) is 103 Å². The number of hydrogen-bond donors (Lipinski definition) is 1. The van der Waals surface area contributed by atoms with Gasteiger partial charge in [-0.05, 0) is 18.9 Å². The Morgan fingerprint density at radius 3 is 2.57 bits per heavy atom. The van der Waals surface area contributed by atoms with Gasteiger partial charge in [0.15, 0.2) is 24.1 Å². The van der Waals surface area contributed by atoms with Crippen LogP contribution in [0.25, 0.3) is 0 Å². The lowest BCUT2D eigenvalue weighted by Crippen LogP contribution is -2.50. The number of esters is 2. The van der Waals surface area contributed by atoms with Crippen LogP contribution in [0.5, 0.6) is 0 Å². The molecule has 2 rings (SSSR count). The van der Waals surface area contributed by atoms with Crippen LogP contribution < -0.4 is 5.73 Å². The molecule has 0 radical (unpaired) electrons. The highest BCUT2D eigenvalue weighted by Crippen LogP contribution is 2.39. The smallest absolute Gasteiger partial charge is 0.306 e. The van der Waals surface area contributed by atoms with Crippen molar-refractivity contribution in [3.8, 4) is 0 Å². The number of carbonyl (C=O) groups is 2. The molecule has 1 fully saturated rings. The molecule has 4 atom stereocenters. The predicted octanol–water partition coefficient (Wildman–Crippen LogP) is 2.64. The molecule has 10 heteroatoms. The minimum Gasteiger partial charge on any atom is -0.462 e. The molecule has 0 aliphatic carbocycles. The number of aliphatic imine (C=N–C) groups is 1. The van der Waals surface area contributed by atoms with Gasteiger partial charge in [-0.25, -0.2) is 9.38 Å². The molecule has 2 N–H and O–H groups in total. The van der Waals surface area contributed by atoms with Crippen LogP contribution >= 0.6 is 11.6 Å². The summed E-state index contributed by atoms with van der Waals surface area (Å²) in [6.07, 6.45) is 2.25. The number of rotatable bonds is 11. The highest BCUT2D eigenvalue weighted by Gasteiger charge is 2.60. The van der Waals surface area contributed by atoms with E-state index in [1.165, 1.54) is 11.0 Å². The number of ether oxygens (including phenoxy) is 3. The molecule has 2 heterocycles. The van der Waals surface area contributed by atoms with Gasteiger partial charge in [0.25, 0.3) is 0 Å². The number of unbranched alkanes of at least 4 members (excludes halogenated alkanes) is 2. The van der Waals surface area contributed by atoms with E-state index in [1.807, 2.05) is 13.8 Å². The second-order valence-corrected chi connectivity index (χ2v) is 7.75. The monoisotopic (exact) mass is 447 g/mol. The Balaban J connectivity index is 2.18. The average molecular weight is 448 g/mol. The average Bonchev–Trinajstić information content (AvgIpc) is 3.02. The van der Waals surface area contributed by atoms with E-state index in [0.717, 1.165) is 12.8 Å². The number of carbonyl (C=O) groups excluding carboxylic acids is 2. The highest BCUT2D eigenvalue weighted by atomic mass is 35.5.